The standard InChI is InChI=1S/C14H23N3O3/c1-17(2)14(18)10-5-6-13(12(15)7-10)16-8-11(20-4)9-19-3/h5-7,11,16H,8-9,15H2,1-4H3. The molecule has 0 aromatic heterocycles. The number of carbonyl (C=O) groups excluding carboxylic acids is 1. The van der Waals surface area contributed by atoms with Crippen molar-refractivity contribution < 1.29 is 14.3 Å². The third kappa shape index (κ3) is 4.40. The van der Waals surface area contributed by atoms with Gasteiger partial charge in [-0.25, -0.2) is 0 Å². The molecule has 1 aromatic carbocycles. The van der Waals surface area contributed by atoms with Crippen molar-refractivity contribution in [1.29, 1.82) is 0 Å². The molecular weight excluding hydrogens is 258 g/mol. The van der Waals surface area contributed by atoms with Crippen molar-refractivity contribution in [2.45, 2.75) is 6.10 Å². The Morgan fingerprint density at radius 2 is 2.10 bits per heavy atom. The minimum atomic E-state index is -0.0719. The van der Waals surface area contributed by atoms with E-state index in [-0.39, 0.29) is 12.0 Å². The molecule has 0 radical (unpaired) electrons. The van der Waals surface area contributed by atoms with Crippen LogP contribution in [-0.4, -0.2) is 58.4 Å². The van der Waals surface area contributed by atoms with E-state index in [1.807, 2.05) is 0 Å². The van der Waals surface area contributed by atoms with Gasteiger partial charge in [-0.3, -0.25) is 4.79 Å². The van der Waals surface area contributed by atoms with Crippen LogP contribution in [-0.2, 0) is 9.47 Å². The summed E-state index contributed by atoms with van der Waals surface area (Å²) >= 11 is 0. The van der Waals surface area contributed by atoms with Gasteiger partial charge in [0.05, 0.1) is 24.1 Å². The molecule has 0 bridgehead atoms. The number of methoxy groups -OCH3 is 2. The number of nitrogens with zero attached hydrogens (tertiary/aromatic N) is 1. The zero-order chi connectivity index (χ0) is 15.1. The summed E-state index contributed by atoms with van der Waals surface area (Å²) < 4.78 is 10.3. The van der Waals surface area contributed by atoms with E-state index in [0.717, 1.165) is 5.69 Å². The van der Waals surface area contributed by atoms with Crippen molar-refractivity contribution in [3.8, 4) is 0 Å². The Balaban J connectivity index is 2.71. The van der Waals surface area contributed by atoms with Crippen LogP contribution in [0.2, 0.25) is 0 Å². The van der Waals surface area contributed by atoms with E-state index in [0.29, 0.717) is 24.4 Å². The summed E-state index contributed by atoms with van der Waals surface area (Å²) in [5.74, 6) is -0.0719. The Morgan fingerprint density at radius 1 is 1.40 bits per heavy atom. The number of nitrogens with two attached hydrogens (primary N) is 1. The van der Waals surface area contributed by atoms with Crippen LogP contribution >= 0.6 is 0 Å². The highest BCUT2D eigenvalue weighted by molar-refractivity contribution is 5.95. The quantitative estimate of drug-likeness (QED) is 0.730. The molecule has 0 aliphatic heterocycles. The van der Waals surface area contributed by atoms with Gasteiger partial charge in [-0.2, -0.15) is 0 Å². The van der Waals surface area contributed by atoms with Crippen molar-refractivity contribution in [2.24, 2.45) is 0 Å². The van der Waals surface area contributed by atoms with Gasteiger partial charge in [-0.1, -0.05) is 0 Å². The van der Waals surface area contributed by atoms with Crippen LogP contribution in [0.3, 0.4) is 0 Å². The van der Waals surface area contributed by atoms with Crippen molar-refractivity contribution in [3.05, 3.63) is 23.8 Å². The Labute approximate surface area is 119 Å². The normalized spacial score (nSPS) is 12.0. The Kier molecular flexibility index (Phi) is 6.27. The van der Waals surface area contributed by atoms with Gasteiger partial charge >= 0.3 is 0 Å². The predicted molar refractivity (Wildman–Crippen MR) is 80.0 cm³/mol. The van der Waals surface area contributed by atoms with Crippen LogP contribution in [0.15, 0.2) is 18.2 Å². The second-order valence-electron chi connectivity index (χ2n) is 4.70. The van der Waals surface area contributed by atoms with Crippen LogP contribution in [0.1, 0.15) is 10.4 Å². The summed E-state index contributed by atoms with van der Waals surface area (Å²) in [7, 11) is 6.67. The summed E-state index contributed by atoms with van der Waals surface area (Å²) in [4.78, 5) is 13.3. The van der Waals surface area contributed by atoms with E-state index in [4.69, 9.17) is 15.2 Å². The number of hydrogen-bond donors (Lipinski definition) is 2. The monoisotopic (exact) mass is 281 g/mol. The van der Waals surface area contributed by atoms with Gasteiger partial charge in [0.15, 0.2) is 0 Å². The van der Waals surface area contributed by atoms with Gasteiger partial charge in [0.25, 0.3) is 5.91 Å². The second-order valence-corrected chi connectivity index (χ2v) is 4.70. The molecule has 1 rings (SSSR count). The summed E-state index contributed by atoms with van der Waals surface area (Å²) in [6.07, 6.45) is -0.0533. The van der Waals surface area contributed by atoms with Gasteiger partial charge in [0.2, 0.25) is 0 Å². The van der Waals surface area contributed by atoms with Crippen LogP contribution < -0.4 is 11.1 Å². The first-order valence-electron chi connectivity index (χ1n) is 6.36. The summed E-state index contributed by atoms with van der Waals surface area (Å²) in [6, 6.07) is 5.22. The topological polar surface area (TPSA) is 76.8 Å². The zero-order valence-corrected chi connectivity index (χ0v) is 12.5. The fraction of sp³-hybridized carbons (Fsp3) is 0.500. The molecule has 0 fully saturated rings. The number of carbonyl (C=O) groups is 1. The number of benzene rings is 1. The molecule has 0 heterocycles. The zero-order valence-electron chi connectivity index (χ0n) is 12.5. The van der Waals surface area contributed by atoms with E-state index < -0.39 is 0 Å². The summed E-state index contributed by atoms with van der Waals surface area (Å²) in [6.45, 7) is 1.08. The van der Waals surface area contributed by atoms with Gasteiger partial charge in [0.1, 0.15) is 0 Å². The summed E-state index contributed by atoms with van der Waals surface area (Å²) in [5, 5.41) is 3.19. The molecular formula is C14H23N3O3. The Morgan fingerprint density at radius 3 is 2.60 bits per heavy atom. The first-order chi connectivity index (χ1) is 9.49. The molecule has 1 atom stereocenters. The highest BCUT2D eigenvalue weighted by Crippen LogP contribution is 2.20. The van der Waals surface area contributed by atoms with Crippen LogP contribution in [0.4, 0.5) is 11.4 Å². The molecule has 112 valence electrons. The van der Waals surface area contributed by atoms with Crippen LogP contribution in [0, 0.1) is 0 Å². The van der Waals surface area contributed by atoms with Crippen molar-refractivity contribution in [3.63, 3.8) is 0 Å². The fourth-order valence-corrected chi connectivity index (χ4v) is 1.73. The number of ether oxygens (including phenoxy) is 2. The van der Waals surface area contributed by atoms with Crippen LogP contribution in [0.25, 0.3) is 0 Å². The van der Waals surface area contributed by atoms with Crippen LogP contribution in [0.5, 0.6) is 0 Å². The predicted octanol–water partition coefficient (Wildman–Crippen LogP) is 1.04. The number of anilines is 2. The average Bonchev–Trinajstić information content (AvgIpc) is 2.43. The smallest absolute Gasteiger partial charge is 0.253 e. The van der Waals surface area contributed by atoms with Crippen molar-refractivity contribution >= 4 is 17.3 Å². The number of rotatable bonds is 7. The van der Waals surface area contributed by atoms with E-state index in [9.17, 15) is 4.79 Å². The molecule has 0 saturated heterocycles. The molecule has 0 aliphatic rings. The third-order valence-corrected chi connectivity index (χ3v) is 2.91. The van der Waals surface area contributed by atoms with Gasteiger partial charge in [0, 0.05) is 40.4 Å². The minimum Gasteiger partial charge on any atom is -0.397 e. The SMILES string of the molecule is COCC(CNc1ccc(C(=O)N(C)C)cc1N)OC. The Hall–Kier alpha value is -1.79. The van der Waals surface area contributed by atoms with E-state index in [1.54, 1.807) is 46.5 Å². The highest BCUT2D eigenvalue weighted by Gasteiger charge is 2.11. The summed E-state index contributed by atoms with van der Waals surface area (Å²) in [5.41, 5.74) is 7.83. The molecule has 1 unspecified atom stereocenters. The van der Waals surface area contributed by atoms with Gasteiger partial charge in [-0.15, -0.1) is 0 Å². The number of nitrogen functional groups attached to an aromatic ring is 1. The minimum absolute atomic E-state index is 0.0533. The van der Waals surface area contributed by atoms with Gasteiger partial charge in [-0.05, 0) is 18.2 Å². The van der Waals surface area contributed by atoms with Crippen molar-refractivity contribution in [1.82, 2.24) is 4.90 Å². The lowest BCUT2D eigenvalue weighted by Crippen LogP contribution is -2.27. The van der Waals surface area contributed by atoms with E-state index >= 15 is 0 Å². The molecule has 6 nitrogen and oxygen atoms in total. The highest BCUT2D eigenvalue weighted by atomic mass is 16.5. The molecule has 0 spiro atoms. The number of amides is 1. The largest absolute Gasteiger partial charge is 0.397 e. The molecule has 0 aliphatic carbocycles. The first kappa shape index (κ1) is 16.3. The number of hydrogen-bond acceptors (Lipinski definition) is 5. The maximum Gasteiger partial charge on any atom is 0.253 e. The molecule has 1 aromatic rings. The van der Waals surface area contributed by atoms with E-state index in [2.05, 4.69) is 5.32 Å². The maximum absolute atomic E-state index is 11.8. The van der Waals surface area contributed by atoms with Crippen molar-refractivity contribution in [2.75, 3.05) is 52.5 Å². The Bertz CT molecular complexity index is 449. The maximum atomic E-state index is 11.8. The second kappa shape index (κ2) is 7.72. The fourth-order valence-electron chi connectivity index (χ4n) is 1.73. The lowest BCUT2D eigenvalue weighted by atomic mass is 10.1. The van der Waals surface area contributed by atoms with E-state index in [1.165, 1.54) is 4.90 Å². The molecule has 6 heteroatoms. The first-order valence-corrected chi connectivity index (χ1v) is 6.36. The van der Waals surface area contributed by atoms with Gasteiger partial charge < -0.3 is 25.4 Å². The third-order valence-electron chi connectivity index (χ3n) is 2.91. The number of nitrogens with one attached hydrogen (secondary N) is 1. The molecule has 0 saturated carbocycles. The average molecular weight is 281 g/mol. The molecule has 1 amide bonds. The molecule has 3 N–H and O–H groups in total. The molecule has 20 heavy (non-hydrogen) atoms. The lowest BCUT2D eigenvalue weighted by Gasteiger charge is -2.17. The lowest BCUT2D eigenvalue weighted by molar-refractivity contribution is 0.0366.